The molecule has 5 heteroatoms. The van der Waals surface area contributed by atoms with Crippen LogP contribution in [0.5, 0.6) is 0 Å². The lowest BCUT2D eigenvalue weighted by atomic mass is 9.88. The standard InChI is InChI=1S/C15H26O5/c1-4-10-19-12(11-8-6-5-7-9-11)20-14(18)15(2,3)13(16)17/h11-12H,4-10H2,1-3H3,(H,16,17). The van der Waals surface area contributed by atoms with E-state index >= 15 is 0 Å². The highest BCUT2D eigenvalue weighted by Gasteiger charge is 2.40. The second-order valence-electron chi connectivity index (χ2n) is 5.97. The molecule has 1 aliphatic rings. The third-order valence-electron chi connectivity index (χ3n) is 3.79. The second kappa shape index (κ2) is 7.62. The second-order valence-corrected chi connectivity index (χ2v) is 5.97. The van der Waals surface area contributed by atoms with Crippen molar-refractivity contribution in [2.45, 2.75) is 65.6 Å². The zero-order valence-electron chi connectivity index (χ0n) is 12.7. The molecule has 1 aliphatic carbocycles. The number of esters is 1. The van der Waals surface area contributed by atoms with Gasteiger partial charge in [-0.2, -0.15) is 0 Å². The molecule has 116 valence electrons. The van der Waals surface area contributed by atoms with Crippen molar-refractivity contribution in [3.05, 3.63) is 0 Å². The number of hydrogen-bond acceptors (Lipinski definition) is 4. The smallest absolute Gasteiger partial charge is 0.325 e. The molecule has 0 saturated heterocycles. The summed E-state index contributed by atoms with van der Waals surface area (Å²) in [6.45, 7) is 5.22. The summed E-state index contributed by atoms with van der Waals surface area (Å²) in [6, 6.07) is 0. The average Bonchev–Trinajstić information content (AvgIpc) is 2.43. The van der Waals surface area contributed by atoms with Gasteiger partial charge in [0.05, 0.1) is 6.61 Å². The number of carboxylic acids is 1. The summed E-state index contributed by atoms with van der Waals surface area (Å²) < 4.78 is 11.0. The molecule has 1 N–H and O–H groups in total. The van der Waals surface area contributed by atoms with E-state index in [-0.39, 0.29) is 5.92 Å². The van der Waals surface area contributed by atoms with Crippen molar-refractivity contribution in [1.82, 2.24) is 0 Å². The van der Waals surface area contributed by atoms with E-state index < -0.39 is 23.6 Å². The SMILES string of the molecule is CCCOC(OC(=O)C(C)(C)C(=O)O)C1CCCCC1. The molecule has 1 saturated carbocycles. The Labute approximate surface area is 120 Å². The molecule has 5 nitrogen and oxygen atoms in total. The first-order chi connectivity index (χ1) is 9.39. The van der Waals surface area contributed by atoms with E-state index in [1.807, 2.05) is 6.92 Å². The maximum Gasteiger partial charge on any atom is 0.325 e. The minimum absolute atomic E-state index is 0.184. The van der Waals surface area contributed by atoms with Gasteiger partial charge in [0.15, 0.2) is 5.41 Å². The Balaban J connectivity index is 2.68. The van der Waals surface area contributed by atoms with Gasteiger partial charge in [-0.15, -0.1) is 0 Å². The van der Waals surface area contributed by atoms with Gasteiger partial charge >= 0.3 is 11.9 Å². The van der Waals surface area contributed by atoms with Crippen LogP contribution in [0.15, 0.2) is 0 Å². The quantitative estimate of drug-likeness (QED) is 0.442. The minimum atomic E-state index is -1.54. The molecule has 1 rings (SSSR count). The number of carbonyl (C=O) groups is 2. The van der Waals surface area contributed by atoms with Crippen LogP contribution in [0.4, 0.5) is 0 Å². The predicted octanol–water partition coefficient (Wildman–Crippen LogP) is 2.97. The average molecular weight is 286 g/mol. The van der Waals surface area contributed by atoms with Crippen LogP contribution < -0.4 is 0 Å². The van der Waals surface area contributed by atoms with E-state index in [9.17, 15) is 9.59 Å². The summed E-state index contributed by atoms with van der Waals surface area (Å²) in [5, 5.41) is 9.07. The molecule has 0 heterocycles. The lowest BCUT2D eigenvalue weighted by Crippen LogP contribution is -2.40. The topological polar surface area (TPSA) is 72.8 Å². The van der Waals surface area contributed by atoms with Gasteiger partial charge in [0, 0.05) is 5.92 Å². The minimum Gasteiger partial charge on any atom is -0.480 e. The Morgan fingerprint density at radius 3 is 2.35 bits per heavy atom. The fourth-order valence-electron chi connectivity index (χ4n) is 2.25. The number of rotatable bonds is 7. The molecule has 20 heavy (non-hydrogen) atoms. The number of carbonyl (C=O) groups excluding carboxylic acids is 1. The molecular weight excluding hydrogens is 260 g/mol. The van der Waals surface area contributed by atoms with Crippen LogP contribution in [-0.2, 0) is 19.1 Å². The van der Waals surface area contributed by atoms with Crippen LogP contribution >= 0.6 is 0 Å². The van der Waals surface area contributed by atoms with Gasteiger partial charge in [-0.1, -0.05) is 26.2 Å². The Kier molecular flexibility index (Phi) is 6.46. The molecule has 0 spiro atoms. The van der Waals surface area contributed by atoms with Gasteiger partial charge in [0.2, 0.25) is 6.29 Å². The Hall–Kier alpha value is -1.10. The number of hydrogen-bond donors (Lipinski definition) is 1. The molecule has 1 fully saturated rings. The van der Waals surface area contributed by atoms with Gasteiger partial charge in [-0.05, 0) is 33.1 Å². The molecule has 0 aromatic heterocycles. The van der Waals surface area contributed by atoms with Crippen LogP contribution in [-0.4, -0.2) is 29.9 Å². The highest BCUT2D eigenvalue weighted by molar-refractivity contribution is 5.98. The van der Waals surface area contributed by atoms with Crippen LogP contribution in [0.2, 0.25) is 0 Å². The van der Waals surface area contributed by atoms with Gasteiger partial charge in [-0.3, -0.25) is 9.59 Å². The molecule has 1 atom stereocenters. The predicted molar refractivity (Wildman–Crippen MR) is 74.1 cm³/mol. The molecule has 0 radical (unpaired) electrons. The molecule has 0 aromatic rings. The highest BCUT2D eigenvalue weighted by atomic mass is 16.7. The van der Waals surface area contributed by atoms with Crippen molar-refractivity contribution in [3.8, 4) is 0 Å². The monoisotopic (exact) mass is 286 g/mol. The largest absolute Gasteiger partial charge is 0.480 e. The van der Waals surface area contributed by atoms with Gasteiger partial charge in [-0.25, -0.2) is 0 Å². The van der Waals surface area contributed by atoms with Gasteiger partial charge in [0.25, 0.3) is 0 Å². The first-order valence-corrected chi connectivity index (χ1v) is 7.45. The summed E-state index contributed by atoms with van der Waals surface area (Å²) in [6.07, 6.45) is 5.58. The zero-order chi connectivity index (χ0) is 15.2. The first kappa shape index (κ1) is 17.0. The van der Waals surface area contributed by atoms with Crippen molar-refractivity contribution in [1.29, 1.82) is 0 Å². The molecule has 0 aromatic carbocycles. The lowest BCUT2D eigenvalue weighted by molar-refractivity contribution is -0.205. The van der Waals surface area contributed by atoms with Crippen molar-refractivity contribution in [2.75, 3.05) is 6.61 Å². The summed E-state index contributed by atoms with van der Waals surface area (Å²) in [4.78, 5) is 23.1. The number of carboxylic acid groups (broad SMARTS) is 1. The third kappa shape index (κ3) is 4.47. The summed E-state index contributed by atoms with van der Waals surface area (Å²) in [5.41, 5.74) is -1.54. The number of aliphatic carboxylic acids is 1. The maximum atomic E-state index is 12.0. The van der Waals surface area contributed by atoms with Crippen LogP contribution in [0.1, 0.15) is 59.3 Å². The van der Waals surface area contributed by atoms with E-state index in [4.69, 9.17) is 14.6 Å². The Bertz CT molecular complexity index is 331. The number of ether oxygens (including phenoxy) is 2. The van der Waals surface area contributed by atoms with E-state index in [0.717, 1.165) is 32.1 Å². The van der Waals surface area contributed by atoms with E-state index in [2.05, 4.69) is 0 Å². The molecular formula is C15H26O5. The van der Waals surface area contributed by atoms with Crippen LogP contribution in [0.25, 0.3) is 0 Å². The zero-order valence-corrected chi connectivity index (χ0v) is 12.7. The van der Waals surface area contributed by atoms with Crippen LogP contribution in [0, 0.1) is 11.3 Å². The van der Waals surface area contributed by atoms with E-state index in [1.54, 1.807) is 0 Å². The summed E-state index contributed by atoms with van der Waals surface area (Å²) in [7, 11) is 0. The van der Waals surface area contributed by atoms with Gasteiger partial charge in [0.1, 0.15) is 0 Å². The third-order valence-corrected chi connectivity index (χ3v) is 3.79. The van der Waals surface area contributed by atoms with Crippen molar-refractivity contribution < 1.29 is 24.2 Å². The molecule has 0 bridgehead atoms. The van der Waals surface area contributed by atoms with Crippen molar-refractivity contribution >= 4 is 11.9 Å². The highest BCUT2D eigenvalue weighted by Crippen LogP contribution is 2.30. The molecule has 1 unspecified atom stereocenters. The molecule has 0 aliphatic heterocycles. The maximum absolute atomic E-state index is 12.0. The lowest BCUT2D eigenvalue weighted by Gasteiger charge is -2.31. The van der Waals surface area contributed by atoms with Gasteiger partial charge < -0.3 is 14.6 Å². The Morgan fingerprint density at radius 2 is 1.85 bits per heavy atom. The molecule has 0 amide bonds. The fraction of sp³-hybridized carbons (Fsp3) is 0.867. The fourth-order valence-corrected chi connectivity index (χ4v) is 2.25. The normalized spacial score (nSPS) is 18.6. The van der Waals surface area contributed by atoms with E-state index in [0.29, 0.717) is 6.61 Å². The summed E-state index contributed by atoms with van der Waals surface area (Å²) >= 11 is 0. The summed E-state index contributed by atoms with van der Waals surface area (Å²) in [5.74, 6) is -1.72. The van der Waals surface area contributed by atoms with Crippen molar-refractivity contribution in [3.63, 3.8) is 0 Å². The van der Waals surface area contributed by atoms with E-state index in [1.165, 1.54) is 20.3 Å². The van der Waals surface area contributed by atoms with Crippen LogP contribution in [0.3, 0.4) is 0 Å². The van der Waals surface area contributed by atoms with Crippen molar-refractivity contribution in [2.24, 2.45) is 11.3 Å². The first-order valence-electron chi connectivity index (χ1n) is 7.45. The Morgan fingerprint density at radius 1 is 1.25 bits per heavy atom.